The summed E-state index contributed by atoms with van der Waals surface area (Å²) in [4.78, 5) is 16.5. The zero-order valence-electron chi connectivity index (χ0n) is 12.4. The second-order valence-corrected chi connectivity index (χ2v) is 6.04. The molecule has 1 saturated heterocycles. The van der Waals surface area contributed by atoms with Gasteiger partial charge in [-0.15, -0.1) is 0 Å². The third-order valence-corrected chi connectivity index (χ3v) is 4.08. The van der Waals surface area contributed by atoms with Crippen molar-refractivity contribution in [2.45, 2.75) is 19.0 Å². The highest BCUT2D eigenvalue weighted by Crippen LogP contribution is 2.24. The molecule has 0 saturated carbocycles. The van der Waals surface area contributed by atoms with Crippen molar-refractivity contribution in [2.75, 3.05) is 31.5 Å². The number of likely N-dealkylation sites (tertiary alicyclic amines) is 1. The lowest BCUT2D eigenvalue weighted by atomic mass is 9.97. The number of hydrogen-bond donors (Lipinski definition) is 2. The smallest absolute Gasteiger partial charge is 0.369 e. The van der Waals surface area contributed by atoms with Gasteiger partial charge in [-0.3, -0.25) is 9.69 Å². The summed E-state index contributed by atoms with van der Waals surface area (Å²) >= 11 is 6.02. The van der Waals surface area contributed by atoms with Crippen LogP contribution in [0.15, 0.2) is 12.3 Å². The minimum atomic E-state index is -4.15. The number of alkyl halides is 3. The summed E-state index contributed by atoms with van der Waals surface area (Å²) in [6.45, 7) is 0.568. The number of hydrogen-bond acceptors (Lipinski definition) is 4. The predicted molar refractivity (Wildman–Crippen MR) is 81.5 cm³/mol. The second-order valence-electron chi connectivity index (χ2n) is 5.63. The number of nitrogens with zero attached hydrogens (tertiary/aromatic N) is 2. The van der Waals surface area contributed by atoms with Gasteiger partial charge in [-0.05, 0) is 37.9 Å². The molecule has 128 valence electrons. The number of rotatable bonds is 5. The van der Waals surface area contributed by atoms with Gasteiger partial charge in [0, 0.05) is 12.7 Å². The Balaban J connectivity index is 1.80. The lowest BCUT2D eigenvalue weighted by Crippen LogP contribution is -2.41. The highest BCUT2D eigenvalue weighted by molar-refractivity contribution is 6.33. The van der Waals surface area contributed by atoms with Crippen molar-refractivity contribution in [1.29, 1.82) is 0 Å². The summed E-state index contributed by atoms with van der Waals surface area (Å²) in [6, 6.07) is 1.44. The number of halogens is 4. The Morgan fingerprint density at radius 3 is 2.61 bits per heavy atom. The Morgan fingerprint density at radius 2 is 2.09 bits per heavy atom. The number of nitrogens with one attached hydrogen (secondary N) is 1. The lowest BCUT2D eigenvalue weighted by molar-refractivity contribution is -0.148. The van der Waals surface area contributed by atoms with Crippen LogP contribution in [0.3, 0.4) is 0 Å². The number of carbonyl (C=O) groups excluding carboxylic acids is 1. The molecule has 2 rings (SSSR count). The molecule has 1 fully saturated rings. The number of anilines is 1. The number of aromatic nitrogens is 1. The van der Waals surface area contributed by atoms with E-state index in [2.05, 4.69) is 10.3 Å². The molecule has 0 spiro atoms. The SMILES string of the molecule is NC(=O)c1cnc(NCC2CCN(CC(F)(F)F)CC2)c(Cl)c1. The topological polar surface area (TPSA) is 71.2 Å². The van der Waals surface area contributed by atoms with Crippen molar-refractivity contribution < 1.29 is 18.0 Å². The van der Waals surface area contributed by atoms with Gasteiger partial charge in [-0.1, -0.05) is 11.6 Å². The average Bonchev–Trinajstić information content (AvgIpc) is 2.45. The molecule has 0 bridgehead atoms. The molecule has 1 amide bonds. The van der Waals surface area contributed by atoms with E-state index in [0.29, 0.717) is 38.3 Å². The first kappa shape index (κ1) is 17.8. The highest BCUT2D eigenvalue weighted by Gasteiger charge is 2.32. The van der Waals surface area contributed by atoms with Gasteiger partial charge in [-0.2, -0.15) is 13.2 Å². The van der Waals surface area contributed by atoms with E-state index in [1.54, 1.807) is 0 Å². The quantitative estimate of drug-likeness (QED) is 0.856. The second kappa shape index (κ2) is 7.35. The third-order valence-electron chi connectivity index (χ3n) is 3.79. The maximum absolute atomic E-state index is 12.3. The summed E-state index contributed by atoms with van der Waals surface area (Å²) < 4.78 is 37.0. The molecule has 0 atom stereocenters. The van der Waals surface area contributed by atoms with Crippen LogP contribution < -0.4 is 11.1 Å². The van der Waals surface area contributed by atoms with Crippen molar-refractivity contribution in [3.63, 3.8) is 0 Å². The van der Waals surface area contributed by atoms with E-state index in [4.69, 9.17) is 17.3 Å². The van der Waals surface area contributed by atoms with E-state index in [0.717, 1.165) is 0 Å². The van der Waals surface area contributed by atoms with E-state index >= 15 is 0 Å². The van der Waals surface area contributed by atoms with E-state index < -0.39 is 18.6 Å². The molecule has 0 aliphatic carbocycles. The Labute approximate surface area is 137 Å². The van der Waals surface area contributed by atoms with Gasteiger partial charge in [0.2, 0.25) is 5.91 Å². The Kier molecular flexibility index (Phi) is 5.69. The van der Waals surface area contributed by atoms with Crippen LogP contribution in [0.5, 0.6) is 0 Å². The molecule has 1 aromatic heterocycles. The maximum atomic E-state index is 12.3. The van der Waals surface area contributed by atoms with Gasteiger partial charge in [0.1, 0.15) is 5.82 Å². The Morgan fingerprint density at radius 1 is 1.43 bits per heavy atom. The van der Waals surface area contributed by atoms with Gasteiger partial charge >= 0.3 is 6.18 Å². The van der Waals surface area contributed by atoms with Crippen LogP contribution >= 0.6 is 11.6 Å². The van der Waals surface area contributed by atoms with Gasteiger partial charge in [0.25, 0.3) is 0 Å². The summed E-state index contributed by atoms with van der Waals surface area (Å²) in [6.07, 6.45) is -1.45. The minimum Gasteiger partial charge on any atom is -0.369 e. The van der Waals surface area contributed by atoms with Gasteiger partial charge < -0.3 is 11.1 Å². The maximum Gasteiger partial charge on any atom is 0.401 e. The molecule has 9 heteroatoms. The molecular weight excluding hydrogens is 333 g/mol. The Bertz CT molecular complexity index is 559. The molecular formula is C14H18ClF3N4O. The summed E-state index contributed by atoms with van der Waals surface area (Å²) in [7, 11) is 0. The number of piperidine rings is 1. The fraction of sp³-hybridized carbons (Fsp3) is 0.571. The van der Waals surface area contributed by atoms with Gasteiger partial charge in [0.05, 0.1) is 17.1 Å². The van der Waals surface area contributed by atoms with E-state index in [1.165, 1.54) is 17.2 Å². The first-order valence-electron chi connectivity index (χ1n) is 7.23. The fourth-order valence-corrected chi connectivity index (χ4v) is 2.78. The fourth-order valence-electron chi connectivity index (χ4n) is 2.55. The van der Waals surface area contributed by atoms with Crippen molar-refractivity contribution >= 4 is 23.3 Å². The van der Waals surface area contributed by atoms with Crippen molar-refractivity contribution in [1.82, 2.24) is 9.88 Å². The molecule has 0 unspecified atom stereocenters. The molecule has 0 aromatic carbocycles. The van der Waals surface area contributed by atoms with Crippen molar-refractivity contribution in [3.05, 3.63) is 22.8 Å². The van der Waals surface area contributed by atoms with Crippen LogP contribution in [0, 0.1) is 5.92 Å². The number of carbonyl (C=O) groups is 1. The predicted octanol–water partition coefficient (Wildman–Crippen LogP) is 2.52. The van der Waals surface area contributed by atoms with Gasteiger partial charge in [-0.25, -0.2) is 4.98 Å². The largest absolute Gasteiger partial charge is 0.401 e. The number of pyridine rings is 1. The van der Waals surface area contributed by atoms with Crippen LogP contribution in [0.25, 0.3) is 0 Å². The number of primary amides is 1. The van der Waals surface area contributed by atoms with Crippen molar-refractivity contribution in [2.24, 2.45) is 11.7 Å². The first-order chi connectivity index (χ1) is 10.7. The summed E-state index contributed by atoms with van der Waals surface area (Å²) in [5.41, 5.74) is 5.36. The monoisotopic (exact) mass is 350 g/mol. The van der Waals surface area contributed by atoms with E-state index in [-0.39, 0.29) is 16.5 Å². The average molecular weight is 351 g/mol. The lowest BCUT2D eigenvalue weighted by Gasteiger charge is -2.32. The molecule has 3 N–H and O–H groups in total. The van der Waals surface area contributed by atoms with Crippen LogP contribution in [-0.4, -0.2) is 48.1 Å². The molecule has 5 nitrogen and oxygen atoms in total. The van der Waals surface area contributed by atoms with E-state index in [1.807, 2.05) is 0 Å². The third kappa shape index (κ3) is 5.54. The van der Waals surface area contributed by atoms with Crippen LogP contribution in [0.4, 0.5) is 19.0 Å². The zero-order valence-corrected chi connectivity index (χ0v) is 13.1. The first-order valence-corrected chi connectivity index (χ1v) is 7.61. The molecule has 1 aromatic rings. The molecule has 1 aliphatic heterocycles. The van der Waals surface area contributed by atoms with E-state index in [9.17, 15) is 18.0 Å². The van der Waals surface area contributed by atoms with Crippen LogP contribution in [0.2, 0.25) is 5.02 Å². The molecule has 23 heavy (non-hydrogen) atoms. The molecule has 0 radical (unpaired) electrons. The zero-order chi connectivity index (χ0) is 17.0. The molecule has 1 aliphatic rings. The van der Waals surface area contributed by atoms with Crippen molar-refractivity contribution in [3.8, 4) is 0 Å². The normalized spacial score (nSPS) is 17.2. The summed E-state index contributed by atoms with van der Waals surface area (Å²) in [5.74, 6) is 0.0885. The van der Waals surface area contributed by atoms with Crippen LogP contribution in [-0.2, 0) is 0 Å². The minimum absolute atomic E-state index is 0.223. The van der Waals surface area contributed by atoms with Gasteiger partial charge in [0.15, 0.2) is 0 Å². The standard InChI is InChI=1S/C14H18ClF3N4O/c15-11-5-10(12(19)23)7-21-13(11)20-6-9-1-3-22(4-2-9)8-14(16,17)18/h5,7,9H,1-4,6,8H2,(H2,19,23)(H,20,21). The Hall–Kier alpha value is -1.54. The molecule has 2 heterocycles. The van der Waals surface area contributed by atoms with Crippen LogP contribution in [0.1, 0.15) is 23.2 Å². The summed E-state index contributed by atoms with van der Waals surface area (Å²) in [5, 5.41) is 3.36. The number of nitrogens with two attached hydrogens (primary N) is 1. The number of amides is 1. The highest BCUT2D eigenvalue weighted by atomic mass is 35.5.